The summed E-state index contributed by atoms with van der Waals surface area (Å²) in [5.41, 5.74) is 0.00252. The van der Waals surface area contributed by atoms with E-state index in [1.807, 2.05) is 0 Å². The molecule has 2 N–H and O–H groups in total. The van der Waals surface area contributed by atoms with Crippen LogP contribution < -0.4 is 10.6 Å². The highest BCUT2D eigenvalue weighted by Crippen LogP contribution is 2.27. The summed E-state index contributed by atoms with van der Waals surface area (Å²) < 4.78 is 4.83. The number of halogens is 2. The van der Waals surface area contributed by atoms with E-state index in [9.17, 15) is 24.5 Å². The van der Waals surface area contributed by atoms with Crippen molar-refractivity contribution in [3.05, 3.63) is 68.2 Å². The highest BCUT2D eigenvalue weighted by Gasteiger charge is 2.17. The minimum Gasteiger partial charge on any atom is -0.456 e. The molecule has 2 amide bonds. The Hall–Kier alpha value is -3.17. The Morgan fingerprint density at radius 2 is 1.70 bits per heavy atom. The predicted molar refractivity (Wildman–Crippen MR) is 111 cm³/mol. The number of amides is 2. The summed E-state index contributed by atoms with van der Waals surface area (Å²) in [4.78, 5) is 45.8. The summed E-state index contributed by atoms with van der Waals surface area (Å²) in [7, 11) is 0. The van der Waals surface area contributed by atoms with E-state index in [2.05, 4.69) is 10.6 Å². The van der Waals surface area contributed by atoms with Gasteiger partial charge in [0.25, 0.3) is 17.5 Å². The molecule has 0 heterocycles. The van der Waals surface area contributed by atoms with E-state index in [0.717, 1.165) is 6.07 Å². The number of carbonyl (C=O) groups is 3. The molecular formula is C19H17Cl2N3O6. The second kappa shape index (κ2) is 11.1. The average molecular weight is 454 g/mol. The van der Waals surface area contributed by atoms with Crippen molar-refractivity contribution in [3.8, 4) is 0 Å². The molecule has 0 aliphatic carbocycles. The zero-order chi connectivity index (χ0) is 22.1. The fourth-order valence-electron chi connectivity index (χ4n) is 2.31. The largest absolute Gasteiger partial charge is 0.456 e. The Balaban J connectivity index is 1.70. The Kier molecular flexibility index (Phi) is 8.57. The van der Waals surface area contributed by atoms with Crippen LogP contribution in [0.15, 0.2) is 42.5 Å². The van der Waals surface area contributed by atoms with Gasteiger partial charge in [0.05, 0.1) is 4.92 Å². The molecule has 11 heteroatoms. The van der Waals surface area contributed by atoms with Crippen LogP contribution in [0.25, 0.3) is 0 Å². The number of ether oxygens (including phenoxy) is 1. The molecular weight excluding hydrogens is 437 g/mol. The molecule has 0 spiro atoms. The van der Waals surface area contributed by atoms with E-state index in [-0.39, 0.29) is 35.3 Å². The summed E-state index contributed by atoms with van der Waals surface area (Å²) in [5.74, 6) is -1.70. The van der Waals surface area contributed by atoms with Gasteiger partial charge in [-0.1, -0.05) is 23.2 Å². The van der Waals surface area contributed by atoms with Crippen molar-refractivity contribution in [1.29, 1.82) is 0 Å². The van der Waals surface area contributed by atoms with Crippen LogP contribution in [-0.4, -0.2) is 35.9 Å². The molecule has 0 aliphatic rings. The summed E-state index contributed by atoms with van der Waals surface area (Å²) in [6.45, 7) is -0.378. The molecule has 0 aromatic heterocycles. The maximum atomic E-state index is 11.9. The Bertz CT molecular complexity index is 950. The first kappa shape index (κ1) is 23.1. The third kappa shape index (κ3) is 7.34. The lowest BCUT2D eigenvalue weighted by Gasteiger charge is -2.08. The normalized spacial score (nSPS) is 10.2. The third-order valence-corrected chi connectivity index (χ3v) is 4.23. The van der Waals surface area contributed by atoms with Crippen molar-refractivity contribution >= 4 is 52.4 Å². The van der Waals surface area contributed by atoms with Gasteiger partial charge in [-0.2, -0.15) is 0 Å². The van der Waals surface area contributed by atoms with E-state index in [1.54, 1.807) is 24.3 Å². The predicted octanol–water partition coefficient (Wildman–Crippen LogP) is 3.59. The molecule has 2 aromatic carbocycles. The first-order valence-corrected chi connectivity index (χ1v) is 9.45. The van der Waals surface area contributed by atoms with Crippen LogP contribution in [-0.2, 0) is 14.3 Å². The second-order valence-electron chi connectivity index (χ2n) is 5.99. The zero-order valence-corrected chi connectivity index (χ0v) is 17.0. The minimum absolute atomic E-state index is 0.0223. The van der Waals surface area contributed by atoms with E-state index < -0.39 is 23.4 Å². The summed E-state index contributed by atoms with van der Waals surface area (Å²) in [6, 6.07) is 10.0. The summed E-state index contributed by atoms with van der Waals surface area (Å²) in [6.07, 6.45) is 0.283. The topological polar surface area (TPSA) is 128 Å². The van der Waals surface area contributed by atoms with Gasteiger partial charge in [-0.05, 0) is 42.8 Å². The van der Waals surface area contributed by atoms with Gasteiger partial charge in [0, 0.05) is 34.6 Å². The minimum atomic E-state index is -0.746. The molecule has 158 valence electrons. The van der Waals surface area contributed by atoms with Crippen LogP contribution in [0, 0.1) is 10.1 Å². The Morgan fingerprint density at radius 1 is 1.03 bits per heavy atom. The van der Waals surface area contributed by atoms with Crippen molar-refractivity contribution in [3.63, 3.8) is 0 Å². The molecule has 0 unspecified atom stereocenters. The number of hydrogen-bond acceptors (Lipinski definition) is 6. The standard InChI is InChI=1S/C19H17Cl2N3O6/c20-13-5-3-12(4-6-13)19(27)22-9-1-2-18(26)30-11-17(25)23-15-10-14(21)7-8-16(15)24(28)29/h3-8,10H,1-2,9,11H2,(H,22,27)(H,23,25). The molecule has 2 rings (SSSR count). The van der Waals surface area contributed by atoms with Gasteiger partial charge in [0.15, 0.2) is 6.61 Å². The van der Waals surface area contributed by atoms with Gasteiger partial charge in [0.1, 0.15) is 5.69 Å². The smallest absolute Gasteiger partial charge is 0.306 e. The number of benzene rings is 2. The molecule has 0 bridgehead atoms. The number of carbonyl (C=O) groups excluding carboxylic acids is 3. The van der Waals surface area contributed by atoms with Gasteiger partial charge in [0.2, 0.25) is 0 Å². The number of nitro benzene ring substituents is 1. The van der Waals surface area contributed by atoms with Crippen LogP contribution >= 0.6 is 23.2 Å². The molecule has 0 fully saturated rings. The Morgan fingerprint density at radius 3 is 2.37 bits per heavy atom. The molecule has 30 heavy (non-hydrogen) atoms. The number of hydrogen-bond donors (Lipinski definition) is 2. The van der Waals surface area contributed by atoms with Gasteiger partial charge in [-0.15, -0.1) is 0 Å². The fraction of sp³-hybridized carbons (Fsp3) is 0.211. The Labute approximate surface area is 181 Å². The number of esters is 1. The van der Waals surface area contributed by atoms with Crippen LogP contribution in [0.3, 0.4) is 0 Å². The summed E-state index contributed by atoms with van der Waals surface area (Å²) >= 11 is 11.5. The average Bonchev–Trinajstić information content (AvgIpc) is 2.70. The second-order valence-corrected chi connectivity index (χ2v) is 6.87. The molecule has 0 radical (unpaired) electrons. The molecule has 0 atom stereocenters. The van der Waals surface area contributed by atoms with Crippen molar-refractivity contribution < 1.29 is 24.0 Å². The maximum absolute atomic E-state index is 11.9. The van der Waals surface area contributed by atoms with Crippen LogP contribution in [0.2, 0.25) is 10.0 Å². The summed E-state index contributed by atoms with van der Waals surface area (Å²) in [5, 5.41) is 16.6. The first-order valence-electron chi connectivity index (χ1n) is 8.69. The maximum Gasteiger partial charge on any atom is 0.306 e. The monoisotopic (exact) mass is 453 g/mol. The molecule has 0 saturated carbocycles. The highest BCUT2D eigenvalue weighted by molar-refractivity contribution is 6.31. The molecule has 0 aliphatic heterocycles. The van der Waals surface area contributed by atoms with Gasteiger partial charge >= 0.3 is 5.97 Å². The lowest BCUT2D eigenvalue weighted by molar-refractivity contribution is -0.383. The first-order chi connectivity index (χ1) is 14.3. The fourth-order valence-corrected chi connectivity index (χ4v) is 2.61. The number of anilines is 1. The molecule has 0 saturated heterocycles. The van der Waals surface area contributed by atoms with E-state index >= 15 is 0 Å². The zero-order valence-electron chi connectivity index (χ0n) is 15.5. The number of nitro groups is 1. The number of nitrogens with zero attached hydrogens (tertiary/aromatic N) is 1. The number of rotatable bonds is 9. The number of nitrogens with one attached hydrogen (secondary N) is 2. The highest BCUT2D eigenvalue weighted by atomic mass is 35.5. The van der Waals surface area contributed by atoms with Crippen LogP contribution in [0.1, 0.15) is 23.2 Å². The van der Waals surface area contributed by atoms with Crippen LogP contribution in [0.5, 0.6) is 0 Å². The van der Waals surface area contributed by atoms with E-state index in [4.69, 9.17) is 27.9 Å². The lowest BCUT2D eigenvalue weighted by Crippen LogP contribution is -2.25. The van der Waals surface area contributed by atoms with Gasteiger partial charge in [-0.25, -0.2) is 0 Å². The lowest BCUT2D eigenvalue weighted by atomic mass is 10.2. The van der Waals surface area contributed by atoms with Crippen molar-refractivity contribution in [2.24, 2.45) is 0 Å². The van der Waals surface area contributed by atoms with Crippen molar-refractivity contribution in [1.82, 2.24) is 5.32 Å². The third-order valence-electron chi connectivity index (χ3n) is 3.74. The van der Waals surface area contributed by atoms with Gasteiger partial charge < -0.3 is 15.4 Å². The van der Waals surface area contributed by atoms with E-state index in [1.165, 1.54) is 12.1 Å². The van der Waals surface area contributed by atoms with Crippen molar-refractivity contribution in [2.45, 2.75) is 12.8 Å². The SMILES string of the molecule is O=C(COC(=O)CCCNC(=O)c1ccc(Cl)cc1)Nc1cc(Cl)ccc1[N+](=O)[O-]. The van der Waals surface area contributed by atoms with E-state index in [0.29, 0.717) is 17.0 Å². The van der Waals surface area contributed by atoms with Crippen LogP contribution in [0.4, 0.5) is 11.4 Å². The van der Waals surface area contributed by atoms with Gasteiger partial charge in [-0.3, -0.25) is 24.5 Å². The molecule has 9 nitrogen and oxygen atoms in total. The van der Waals surface area contributed by atoms with Crippen molar-refractivity contribution in [2.75, 3.05) is 18.5 Å². The molecule has 2 aromatic rings. The quantitative estimate of drug-likeness (QED) is 0.258.